The number of hydrogen-bond acceptors (Lipinski definition) is 4. The SMILES string of the molecule is O=[N+]([O-])c1cccc(F)c1OCCCCCS. The maximum Gasteiger partial charge on any atom is 0.314 e. The fraction of sp³-hybridized carbons (Fsp3) is 0.455. The van der Waals surface area contributed by atoms with Crippen molar-refractivity contribution >= 4 is 18.3 Å². The van der Waals surface area contributed by atoms with E-state index < -0.39 is 10.7 Å². The van der Waals surface area contributed by atoms with Crippen LogP contribution in [0.15, 0.2) is 18.2 Å². The van der Waals surface area contributed by atoms with E-state index >= 15 is 0 Å². The lowest BCUT2D eigenvalue weighted by Crippen LogP contribution is -2.02. The molecule has 0 radical (unpaired) electrons. The highest BCUT2D eigenvalue weighted by molar-refractivity contribution is 7.80. The lowest BCUT2D eigenvalue weighted by Gasteiger charge is -2.07. The molecule has 0 fully saturated rings. The van der Waals surface area contributed by atoms with Gasteiger partial charge in [-0.25, -0.2) is 4.39 Å². The first-order chi connectivity index (χ1) is 8.16. The quantitative estimate of drug-likeness (QED) is 0.354. The van der Waals surface area contributed by atoms with Crippen LogP contribution < -0.4 is 4.74 Å². The van der Waals surface area contributed by atoms with Crippen molar-refractivity contribution in [3.8, 4) is 5.75 Å². The minimum Gasteiger partial charge on any atom is -0.485 e. The zero-order valence-electron chi connectivity index (χ0n) is 9.26. The van der Waals surface area contributed by atoms with Gasteiger partial charge in [0.25, 0.3) is 0 Å². The Bertz CT molecular complexity index is 387. The summed E-state index contributed by atoms with van der Waals surface area (Å²) in [5, 5.41) is 10.7. The first kappa shape index (κ1) is 13.8. The van der Waals surface area contributed by atoms with E-state index in [-0.39, 0.29) is 18.0 Å². The van der Waals surface area contributed by atoms with Crippen molar-refractivity contribution in [1.82, 2.24) is 0 Å². The molecule has 0 N–H and O–H groups in total. The van der Waals surface area contributed by atoms with E-state index in [9.17, 15) is 14.5 Å². The highest BCUT2D eigenvalue weighted by atomic mass is 32.1. The molecule has 0 heterocycles. The van der Waals surface area contributed by atoms with Crippen molar-refractivity contribution in [3.05, 3.63) is 34.1 Å². The Balaban J connectivity index is 2.60. The number of nitrogens with zero attached hydrogens (tertiary/aromatic N) is 1. The number of para-hydroxylation sites is 1. The third-order valence-corrected chi connectivity index (χ3v) is 2.51. The number of nitro benzene ring substituents is 1. The molecule has 0 aromatic heterocycles. The van der Waals surface area contributed by atoms with E-state index in [1.54, 1.807) is 0 Å². The topological polar surface area (TPSA) is 52.4 Å². The van der Waals surface area contributed by atoms with Crippen molar-refractivity contribution in [2.24, 2.45) is 0 Å². The normalized spacial score (nSPS) is 10.2. The van der Waals surface area contributed by atoms with Gasteiger partial charge in [0.1, 0.15) is 0 Å². The molecule has 0 aliphatic carbocycles. The first-order valence-electron chi connectivity index (χ1n) is 5.33. The van der Waals surface area contributed by atoms with Crippen molar-refractivity contribution in [1.29, 1.82) is 0 Å². The number of nitro groups is 1. The summed E-state index contributed by atoms with van der Waals surface area (Å²) in [6.07, 6.45) is 2.59. The number of ether oxygens (including phenoxy) is 1. The van der Waals surface area contributed by atoms with Crippen LogP contribution in [-0.4, -0.2) is 17.3 Å². The maximum absolute atomic E-state index is 13.3. The number of thiol groups is 1. The molecule has 1 aromatic carbocycles. The summed E-state index contributed by atoms with van der Waals surface area (Å²) in [6, 6.07) is 3.67. The number of halogens is 1. The Labute approximate surface area is 104 Å². The Morgan fingerprint density at radius 3 is 2.76 bits per heavy atom. The molecule has 0 unspecified atom stereocenters. The molecular weight excluding hydrogens is 245 g/mol. The molecule has 0 spiro atoms. The minimum atomic E-state index is -0.701. The Kier molecular flexibility index (Phi) is 5.76. The Morgan fingerprint density at radius 1 is 1.35 bits per heavy atom. The summed E-state index contributed by atoms with van der Waals surface area (Å²) in [5.74, 6) is -0.184. The highest BCUT2D eigenvalue weighted by Crippen LogP contribution is 2.29. The van der Waals surface area contributed by atoms with Crippen molar-refractivity contribution in [2.75, 3.05) is 12.4 Å². The Hall–Kier alpha value is -1.30. The van der Waals surface area contributed by atoms with Crippen LogP contribution in [-0.2, 0) is 0 Å². The van der Waals surface area contributed by atoms with Gasteiger partial charge in [0.15, 0.2) is 5.82 Å². The summed E-state index contributed by atoms with van der Waals surface area (Å²) in [7, 11) is 0. The lowest BCUT2D eigenvalue weighted by atomic mass is 10.2. The molecule has 0 amide bonds. The smallest absolute Gasteiger partial charge is 0.314 e. The van der Waals surface area contributed by atoms with E-state index in [0.717, 1.165) is 31.1 Å². The van der Waals surface area contributed by atoms with Gasteiger partial charge in [0.05, 0.1) is 11.5 Å². The van der Waals surface area contributed by atoms with Crippen LogP contribution in [0.5, 0.6) is 5.75 Å². The van der Waals surface area contributed by atoms with Crippen molar-refractivity contribution < 1.29 is 14.1 Å². The van der Waals surface area contributed by atoms with E-state index in [2.05, 4.69) is 12.6 Å². The van der Waals surface area contributed by atoms with Gasteiger partial charge in [-0.1, -0.05) is 6.07 Å². The molecule has 0 saturated carbocycles. The molecular formula is C11H14FNO3S. The van der Waals surface area contributed by atoms with Crippen LogP contribution >= 0.6 is 12.6 Å². The van der Waals surface area contributed by atoms with Gasteiger partial charge in [0.2, 0.25) is 5.75 Å². The third kappa shape index (κ3) is 4.22. The standard InChI is InChI=1S/C11H14FNO3S/c12-9-5-4-6-10(13(14)15)11(9)16-7-2-1-3-8-17/h4-6,17H,1-3,7-8H2. The summed E-state index contributed by atoms with van der Waals surface area (Å²) in [5.41, 5.74) is -0.334. The van der Waals surface area contributed by atoms with Crippen LogP contribution in [0.3, 0.4) is 0 Å². The average Bonchev–Trinajstić information content (AvgIpc) is 2.30. The molecule has 0 bridgehead atoms. The molecule has 1 rings (SSSR count). The highest BCUT2D eigenvalue weighted by Gasteiger charge is 2.18. The fourth-order valence-corrected chi connectivity index (χ4v) is 1.57. The van der Waals surface area contributed by atoms with E-state index in [0.29, 0.717) is 0 Å². The molecule has 1 aromatic rings. The van der Waals surface area contributed by atoms with Crippen molar-refractivity contribution in [2.45, 2.75) is 19.3 Å². The van der Waals surface area contributed by atoms with Gasteiger partial charge in [-0.3, -0.25) is 10.1 Å². The fourth-order valence-electron chi connectivity index (χ4n) is 1.35. The van der Waals surface area contributed by atoms with Gasteiger partial charge in [0, 0.05) is 6.07 Å². The van der Waals surface area contributed by atoms with E-state index in [4.69, 9.17) is 4.74 Å². The van der Waals surface area contributed by atoms with E-state index in [1.165, 1.54) is 12.1 Å². The molecule has 4 nitrogen and oxygen atoms in total. The molecule has 6 heteroatoms. The van der Waals surface area contributed by atoms with Crippen LogP contribution in [0.25, 0.3) is 0 Å². The van der Waals surface area contributed by atoms with Gasteiger partial charge in [-0.05, 0) is 31.1 Å². The zero-order chi connectivity index (χ0) is 12.7. The van der Waals surface area contributed by atoms with Crippen LogP contribution in [0.2, 0.25) is 0 Å². The van der Waals surface area contributed by atoms with Gasteiger partial charge in [-0.2, -0.15) is 12.6 Å². The molecule has 0 atom stereocenters. The molecule has 17 heavy (non-hydrogen) atoms. The van der Waals surface area contributed by atoms with Crippen LogP contribution in [0.4, 0.5) is 10.1 Å². The average molecular weight is 259 g/mol. The van der Waals surface area contributed by atoms with Gasteiger partial charge in [-0.15, -0.1) is 0 Å². The second-order valence-corrected chi connectivity index (χ2v) is 3.93. The summed E-state index contributed by atoms with van der Waals surface area (Å²) >= 11 is 4.06. The lowest BCUT2D eigenvalue weighted by molar-refractivity contribution is -0.386. The zero-order valence-corrected chi connectivity index (χ0v) is 10.2. The second-order valence-electron chi connectivity index (χ2n) is 3.48. The number of hydrogen-bond donors (Lipinski definition) is 1. The largest absolute Gasteiger partial charge is 0.485 e. The monoisotopic (exact) mass is 259 g/mol. The van der Waals surface area contributed by atoms with Crippen molar-refractivity contribution in [3.63, 3.8) is 0 Å². The number of unbranched alkanes of at least 4 members (excludes halogenated alkanes) is 2. The second kappa shape index (κ2) is 7.11. The Morgan fingerprint density at radius 2 is 2.12 bits per heavy atom. The minimum absolute atomic E-state index is 0.273. The first-order valence-corrected chi connectivity index (χ1v) is 5.96. The van der Waals surface area contributed by atoms with E-state index in [1.807, 2.05) is 0 Å². The summed E-state index contributed by atoms with van der Waals surface area (Å²) in [4.78, 5) is 10.0. The predicted octanol–water partition coefficient (Wildman–Crippen LogP) is 3.21. The summed E-state index contributed by atoms with van der Waals surface area (Å²) in [6.45, 7) is 0.273. The van der Waals surface area contributed by atoms with Crippen LogP contribution in [0, 0.1) is 15.9 Å². The third-order valence-electron chi connectivity index (χ3n) is 2.19. The molecule has 94 valence electrons. The van der Waals surface area contributed by atoms with Crippen LogP contribution in [0.1, 0.15) is 19.3 Å². The number of benzene rings is 1. The maximum atomic E-state index is 13.3. The molecule has 0 saturated heterocycles. The van der Waals surface area contributed by atoms with Gasteiger partial charge >= 0.3 is 5.69 Å². The predicted molar refractivity (Wildman–Crippen MR) is 66.3 cm³/mol. The molecule has 0 aliphatic heterocycles. The van der Waals surface area contributed by atoms with Gasteiger partial charge < -0.3 is 4.74 Å². The number of rotatable bonds is 7. The summed E-state index contributed by atoms with van der Waals surface area (Å²) < 4.78 is 18.5. The molecule has 0 aliphatic rings.